The molecule has 1 heterocycles. The van der Waals surface area contributed by atoms with Crippen molar-refractivity contribution in [2.75, 3.05) is 0 Å². The molecule has 2 nitrogen and oxygen atoms in total. The highest BCUT2D eigenvalue weighted by molar-refractivity contribution is 6.30. The molecule has 0 N–H and O–H groups in total. The maximum absolute atomic E-state index is 5.83. The van der Waals surface area contributed by atoms with Crippen LogP contribution in [0, 0.1) is 0 Å². The summed E-state index contributed by atoms with van der Waals surface area (Å²) < 4.78 is 1.81. The number of rotatable bonds is 1. The Morgan fingerprint density at radius 1 is 1.23 bits per heavy atom. The van der Waals surface area contributed by atoms with E-state index in [9.17, 15) is 0 Å². The fourth-order valence-electron chi connectivity index (χ4n) is 1.08. The Morgan fingerprint density at radius 3 is 2.69 bits per heavy atom. The topological polar surface area (TPSA) is 17.8 Å². The first-order valence-electron chi connectivity index (χ1n) is 3.71. The van der Waals surface area contributed by atoms with Crippen molar-refractivity contribution in [2.45, 2.75) is 0 Å². The highest BCUT2D eigenvalue weighted by Crippen LogP contribution is 2.15. The van der Waals surface area contributed by atoms with Crippen LogP contribution in [0.3, 0.4) is 0 Å². The fourth-order valence-corrected chi connectivity index (χ4v) is 1.41. The summed E-state index contributed by atoms with van der Waals surface area (Å²) in [5.74, 6) is 0. The number of hydrogen-bond donors (Lipinski definition) is 0. The summed E-state index contributed by atoms with van der Waals surface area (Å²) in [7, 11) is 0. The zero-order valence-electron chi connectivity index (χ0n) is 6.61. The van der Waals surface area contributed by atoms with Gasteiger partial charge >= 0.3 is 0 Å². The van der Waals surface area contributed by atoms with Gasteiger partial charge in [-0.05, 0) is 18.2 Å². The SMILES string of the molecule is Clc1cccc(-n2cnc(Cl)c2)c1. The maximum Gasteiger partial charge on any atom is 0.147 e. The zero-order chi connectivity index (χ0) is 9.26. The largest absolute Gasteiger partial charge is 0.305 e. The van der Waals surface area contributed by atoms with Crippen LogP contribution in [0.5, 0.6) is 0 Å². The predicted octanol–water partition coefficient (Wildman–Crippen LogP) is 3.18. The van der Waals surface area contributed by atoms with Crippen molar-refractivity contribution in [1.82, 2.24) is 9.55 Å². The second-order valence-corrected chi connectivity index (χ2v) is 3.41. The molecule has 0 aliphatic rings. The lowest BCUT2D eigenvalue weighted by atomic mass is 10.3. The second-order valence-electron chi connectivity index (χ2n) is 2.58. The van der Waals surface area contributed by atoms with E-state index >= 15 is 0 Å². The Bertz CT molecular complexity index is 423. The van der Waals surface area contributed by atoms with Crippen molar-refractivity contribution in [3.05, 3.63) is 47.0 Å². The summed E-state index contributed by atoms with van der Waals surface area (Å²) >= 11 is 11.5. The van der Waals surface area contributed by atoms with Crippen molar-refractivity contribution in [3.63, 3.8) is 0 Å². The van der Waals surface area contributed by atoms with Crippen LogP contribution in [0.25, 0.3) is 5.69 Å². The highest BCUT2D eigenvalue weighted by atomic mass is 35.5. The van der Waals surface area contributed by atoms with Gasteiger partial charge in [0.1, 0.15) is 11.5 Å². The number of aromatic nitrogens is 2. The van der Waals surface area contributed by atoms with Gasteiger partial charge < -0.3 is 4.57 Å². The molecule has 13 heavy (non-hydrogen) atoms. The van der Waals surface area contributed by atoms with Crippen LogP contribution >= 0.6 is 23.2 Å². The molecule has 2 aromatic rings. The lowest BCUT2D eigenvalue weighted by molar-refractivity contribution is 1.06. The van der Waals surface area contributed by atoms with E-state index in [4.69, 9.17) is 23.2 Å². The van der Waals surface area contributed by atoms with Crippen LogP contribution in [-0.2, 0) is 0 Å². The summed E-state index contributed by atoms with van der Waals surface area (Å²) in [5.41, 5.74) is 0.951. The number of hydrogen-bond acceptors (Lipinski definition) is 1. The van der Waals surface area contributed by atoms with Crippen LogP contribution in [-0.4, -0.2) is 9.55 Å². The molecule has 1 aromatic heterocycles. The summed E-state index contributed by atoms with van der Waals surface area (Å²) in [6, 6.07) is 7.48. The van der Waals surface area contributed by atoms with E-state index in [0.717, 1.165) is 5.69 Å². The van der Waals surface area contributed by atoms with Crippen LogP contribution in [0.2, 0.25) is 10.2 Å². The molecule has 0 aliphatic carbocycles. The molecule has 0 atom stereocenters. The number of nitrogens with zero attached hydrogens (tertiary/aromatic N) is 2. The third-order valence-electron chi connectivity index (χ3n) is 1.66. The van der Waals surface area contributed by atoms with Gasteiger partial charge in [-0.2, -0.15) is 0 Å². The molecular weight excluding hydrogens is 207 g/mol. The molecule has 66 valence electrons. The first-order valence-corrected chi connectivity index (χ1v) is 4.47. The molecule has 0 bridgehead atoms. The molecule has 0 saturated heterocycles. The van der Waals surface area contributed by atoms with Gasteiger partial charge in [-0.25, -0.2) is 4.98 Å². The lowest BCUT2D eigenvalue weighted by Gasteiger charge is -2.00. The molecule has 0 saturated carbocycles. The molecule has 0 amide bonds. The fraction of sp³-hybridized carbons (Fsp3) is 0. The average Bonchev–Trinajstić information content (AvgIpc) is 2.52. The highest BCUT2D eigenvalue weighted by Gasteiger charge is 1.98. The van der Waals surface area contributed by atoms with Crippen molar-refractivity contribution in [1.29, 1.82) is 0 Å². The Labute approximate surface area is 85.7 Å². The minimum absolute atomic E-state index is 0.472. The molecule has 0 spiro atoms. The van der Waals surface area contributed by atoms with E-state index in [-0.39, 0.29) is 0 Å². The van der Waals surface area contributed by atoms with Gasteiger partial charge in [-0.3, -0.25) is 0 Å². The van der Waals surface area contributed by atoms with Crippen LogP contribution < -0.4 is 0 Å². The summed E-state index contributed by atoms with van der Waals surface area (Å²) in [6.45, 7) is 0. The molecule has 2 rings (SSSR count). The van der Waals surface area contributed by atoms with E-state index in [0.29, 0.717) is 10.2 Å². The van der Waals surface area contributed by atoms with Crippen molar-refractivity contribution in [2.24, 2.45) is 0 Å². The zero-order valence-corrected chi connectivity index (χ0v) is 8.13. The smallest absolute Gasteiger partial charge is 0.147 e. The number of imidazole rings is 1. The monoisotopic (exact) mass is 212 g/mol. The Hall–Kier alpha value is -0.990. The van der Waals surface area contributed by atoms with E-state index in [1.54, 1.807) is 12.5 Å². The molecular formula is C9H6Cl2N2. The first-order chi connectivity index (χ1) is 6.25. The summed E-state index contributed by atoms with van der Waals surface area (Å²) in [6.07, 6.45) is 3.38. The van der Waals surface area contributed by atoms with Gasteiger partial charge in [-0.1, -0.05) is 29.3 Å². The van der Waals surface area contributed by atoms with Crippen molar-refractivity contribution < 1.29 is 0 Å². The number of halogens is 2. The molecule has 0 fully saturated rings. The summed E-state index contributed by atoms with van der Waals surface area (Å²) in [5, 5.41) is 1.17. The van der Waals surface area contributed by atoms with E-state index < -0.39 is 0 Å². The minimum Gasteiger partial charge on any atom is -0.305 e. The van der Waals surface area contributed by atoms with E-state index in [2.05, 4.69) is 4.98 Å². The molecule has 0 unspecified atom stereocenters. The predicted molar refractivity (Wildman–Crippen MR) is 53.6 cm³/mol. The van der Waals surface area contributed by atoms with Crippen molar-refractivity contribution >= 4 is 23.2 Å². The van der Waals surface area contributed by atoms with Gasteiger partial charge in [0.15, 0.2) is 0 Å². The summed E-state index contributed by atoms with van der Waals surface area (Å²) in [4.78, 5) is 3.91. The van der Waals surface area contributed by atoms with Crippen LogP contribution in [0.4, 0.5) is 0 Å². The number of benzene rings is 1. The Morgan fingerprint density at radius 2 is 2.08 bits per heavy atom. The second kappa shape index (κ2) is 3.40. The minimum atomic E-state index is 0.472. The normalized spacial score (nSPS) is 10.3. The van der Waals surface area contributed by atoms with Gasteiger partial charge in [0.05, 0.1) is 0 Å². The molecule has 0 aliphatic heterocycles. The third-order valence-corrected chi connectivity index (χ3v) is 2.09. The maximum atomic E-state index is 5.83. The molecule has 0 radical (unpaired) electrons. The van der Waals surface area contributed by atoms with Gasteiger partial charge in [0.25, 0.3) is 0 Å². The first kappa shape index (κ1) is 8.60. The molecule has 4 heteroatoms. The van der Waals surface area contributed by atoms with Crippen LogP contribution in [0.1, 0.15) is 0 Å². The quantitative estimate of drug-likeness (QED) is 0.711. The van der Waals surface area contributed by atoms with E-state index in [1.807, 2.05) is 28.8 Å². The lowest BCUT2D eigenvalue weighted by Crippen LogP contribution is -1.88. The van der Waals surface area contributed by atoms with Crippen molar-refractivity contribution in [3.8, 4) is 5.69 Å². The molecule has 1 aromatic carbocycles. The van der Waals surface area contributed by atoms with Crippen LogP contribution in [0.15, 0.2) is 36.8 Å². The van der Waals surface area contributed by atoms with Gasteiger partial charge in [0.2, 0.25) is 0 Å². The Kier molecular flexibility index (Phi) is 2.25. The third kappa shape index (κ3) is 1.85. The standard InChI is InChI=1S/C9H6Cl2N2/c10-7-2-1-3-8(4-7)13-5-9(11)12-6-13/h1-6H. The average molecular weight is 213 g/mol. The Balaban J connectivity index is 2.46. The van der Waals surface area contributed by atoms with Gasteiger partial charge in [0, 0.05) is 16.9 Å². The van der Waals surface area contributed by atoms with E-state index in [1.165, 1.54) is 0 Å². The van der Waals surface area contributed by atoms with Gasteiger partial charge in [-0.15, -0.1) is 0 Å².